The van der Waals surface area contributed by atoms with E-state index in [1.165, 1.54) is 24.3 Å². The third-order valence-electron chi connectivity index (χ3n) is 2.87. The smallest absolute Gasteiger partial charge is 0.333 e. The van der Waals surface area contributed by atoms with E-state index in [1.807, 2.05) is 12.1 Å². The maximum absolute atomic E-state index is 12.8. The molecule has 0 unspecified atom stereocenters. The van der Waals surface area contributed by atoms with Gasteiger partial charge in [0.05, 0.1) is 0 Å². The Kier molecular flexibility index (Phi) is 6.89. The van der Waals surface area contributed by atoms with Gasteiger partial charge in [0.2, 0.25) is 0 Å². The number of carbonyl (C=O) groups excluding carboxylic acids is 2. The van der Waals surface area contributed by atoms with E-state index in [0.29, 0.717) is 17.3 Å². The van der Waals surface area contributed by atoms with Crippen LogP contribution in [0, 0.1) is 5.82 Å². The Balaban J connectivity index is 1.63. The summed E-state index contributed by atoms with van der Waals surface area (Å²) in [6.45, 7) is 0.422. The Hall–Kier alpha value is -2.25. The van der Waals surface area contributed by atoms with Crippen molar-refractivity contribution in [3.05, 3.63) is 64.9 Å². The molecule has 24 heavy (non-hydrogen) atoms. The van der Waals surface area contributed by atoms with Crippen LogP contribution < -0.4 is 16.2 Å². The molecule has 0 aliphatic rings. The Labute approximate surface area is 147 Å². The lowest BCUT2D eigenvalue weighted by atomic mass is 10.2. The van der Waals surface area contributed by atoms with Crippen LogP contribution in [0.1, 0.15) is 10.4 Å². The minimum absolute atomic E-state index is 0.245. The minimum Gasteiger partial charge on any atom is -0.336 e. The Morgan fingerprint density at radius 1 is 1.00 bits per heavy atom. The molecular weight excluding hydrogens is 353 g/mol. The Morgan fingerprint density at radius 2 is 1.67 bits per heavy atom. The second kappa shape index (κ2) is 9.14. The SMILES string of the molecule is O=C(NCCSc1ccc(Cl)cc1)NNC(=O)c1ccc(F)cc1. The van der Waals surface area contributed by atoms with E-state index < -0.39 is 17.8 Å². The van der Waals surface area contributed by atoms with Crippen molar-refractivity contribution in [3.8, 4) is 0 Å². The summed E-state index contributed by atoms with van der Waals surface area (Å²) >= 11 is 7.37. The molecule has 0 aromatic heterocycles. The number of hydrogen-bond donors (Lipinski definition) is 3. The number of carbonyl (C=O) groups is 2. The van der Waals surface area contributed by atoms with Gasteiger partial charge < -0.3 is 5.32 Å². The average Bonchev–Trinajstić information content (AvgIpc) is 2.59. The predicted molar refractivity (Wildman–Crippen MR) is 92.6 cm³/mol. The van der Waals surface area contributed by atoms with Gasteiger partial charge in [-0.05, 0) is 48.5 Å². The van der Waals surface area contributed by atoms with Crippen LogP contribution in [0.2, 0.25) is 5.02 Å². The van der Waals surface area contributed by atoms with E-state index in [1.54, 1.807) is 23.9 Å². The molecule has 3 N–H and O–H groups in total. The van der Waals surface area contributed by atoms with Gasteiger partial charge in [0.1, 0.15) is 5.82 Å². The summed E-state index contributed by atoms with van der Waals surface area (Å²) in [7, 11) is 0. The number of benzene rings is 2. The molecule has 3 amide bonds. The van der Waals surface area contributed by atoms with Gasteiger partial charge in [-0.2, -0.15) is 0 Å². The molecule has 0 spiro atoms. The zero-order valence-corrected chi connectivity index (χ0v) is 14.1. The van der Waals surface area contributed by atoms with Gasteiger partial charge in [-0.3, -0.25) is 10.2 Å². The van der Waals surface area contributed by atoms with E-state index >= 15 is 0 Å². The second-order valence-electron chi connectivity index (χ2n) is 4.64. The monoisotopic (exact) mass is 367 g/mol. The molecule has 8 heteroatoms. The van der Waals surface area contributed by atoms with Crippen LogP contribution in [-0.2, 0) is 0 Å². The first-order chi connectivity index (χ1) is 11.5. The summed E-state index contributed by atoms with van der Waals surface area (Å²) < 4.78 is 12.8. The first-order valence-electron chi connectivity index (χ1n) is 7.03. The first kappa shape index (κ1) is 18.1. The lowest BCUT2D eigenvalue weighted by molar-refractivity contribution is 0.0936. The largest absolute Gasteiger partial charge is 0.336 e. The maximum atomic E-state index is 12.8. The van der Waals surface area contributed by atoms with Crippen LogP contribution in [-0.4, -0.2) is 24.2 Å². The first-order valence-corrected chi connectivity index (χ1v) is 8.39. The molecule has 0 radical (unpaired) electrons. The predicted octanol–water partition coefficient (Wildman–Crippen LogP) is 3.22. The summed E-state index contributed by atoms with van der Waals surface area (Å²) in [6.07, 6.45) is 0. The van der Waals surface area contributed by atoms with Gasteiger partial charge in [-0.1, -0.05) is 11.6 Å². The zero-order valence-electron chi connectivity index (χ0n) is 12.5. The summed E-state index contributed by atoms with van der Waals surface area (Å²) in [5, 5.41) is 3.28. The summed E-state index contributed by atoms with van der Waals surface area (Å²) in [4.78, 5) is 24.3. The Morgan fingerprint density at radius 3 is 2.33 bits per heavy atom. The lowest BCUT2D eigenvalue weighted by Gasteiger charge is -2.09. The van der Waals surface area contributed by atoms with Crippen molar-refractivity contribution in [2.45, 2.75) is 4.90 Å². The van der Waals surface area contributed by atoms with Crippen LogP contribution in [0.15, 0.2) is 53.4 Å². The molecule has 5 nitrogen and oxygen atoms in total. The molecule has 0 saturated carbocycles. The van der Waals surface area contributed by atoms with Crippen LogP contribution >= 0.6 is 23.4 Å². The fourth-order valence-corrected chi connectivity index (χ4v) is 2.59. The number of urea groups is 1. The number of hydrazine groups is 1. The summed E-state index contributed by atoms with van der Waals surface area (Å²) in [6, 6.07) is 11.9. The maximum Gasteiger partial charge on any atom is 0.333 e. The van der Waals surface area contributed by atoms with Gasteiger partial charge in [0.15, 0.2) is 0 Å². The molecule has 2 rings (SSSR count). The highest BCUT2D eigenvalue weighted by molar-refractivity contribution is 7.99. The third kappa shape index (κ3) is 6.10. The highest BCUT2D eigenvalue weighted by Crippen LogP contribution is 2.19. The minimum atomic E-state index is -0.527. The van der Waals surface area contributed by atoms with Gasteiger partial charge in [-0.25, -0.2) is 14.6 Å². The molecule has 0 heterocycles. The second-order valence-corrected chi connectivity index (χ2v) is 6.25. The highest BCUT2D eigenvalue weighted by Gasteiger charge is 2.06. The van der Waals surface area contributed by atoms with Crippen molar-refractivity contribution in [2.75, 3.05) is 12.3 Å². The lowest BCUT2D eigenvalue weighted by Crippen LogP contribution is -2.47. The number of nitrogens with one attached hydrogen (secondary N) is 3. The molecule has 0 saturated heterocycles. The molecule has 0 fully saturated rings. The topological polar surface area (TPSA) is 70.2 Å². The molecule has 2 aromatic carbocycles. The average molecular weight is 368 g/mol. The van der Waals surface area contributed by atoms with E-state index in [9.17, 15) is 14.0 Å². The molecule has 0 aliphatic heterocycles. The van der Waals surface area contributed by atoms with Crippen molar-refractivity contribution >= 4 is 35.3 Å². The third-order valence-corrected chi connectivity index (χ3v) is 4.13. The highest BCUT2D eigenvalue weighted by atomic mass is 35.5. The van der Waals surface area contributed by atoms with Crippen molar-refractivity contribution in [1.82, 2.24) is 16.2 Å². The van der Waals surface area contributed by atoms with Crippen molar-refractivity contribution < 1.29 is 14.0 Å². The molecule has 126 valence electrons. The van der Waals surface area contributed by atoms with Gasteiger partial charge in [0.25, 0.3) is 5.91 Å². The standard InChI is InChI=1S/C16H15ClFN3O2S/c17-12-3-7-14(8-4-12)24-10-9-19-16(23)21-20-15(22)11-1-5-13(18)6-2-11/h1-8H,9-10H2,(H,20,22)(H2,19,21,23). The molecule has 2 aromatic rings. The fourth-order valence-electron chi connectivity index (χ4n) is 1.70. The number of rotatable bonds is 5. The van der Waals surface area contributed by atoms with Crippen molar-refractivity contribution in [1.29, 1.82) is 0 Å². The summed E-state index contributed by atoms with van der Waals surface area (Å²) in [5.74, 6) is -0.294. The Bertz CT molecular complexity index is 695. The fraction of sp³-hybridized carbons (Fsp3) is 0.125. The van der Waals surface area contributed by atoms with E-state index in [2.05, 4.69) is 16.2 Å². The molecular formula is C16H15ClFN3O2S. The zero-order chi connectivity index (χ0) is 17.4. The van der Waals surface area contributed by atoms with Crippen LogP contribution in [0.25, 0.3) is 0 Å². The van der Waals surface area contributed by atoms with Gasteiger partial charge in [-0.15, -0.1) is 11.8 Å². The quantitative estimate of drug-likeness (QED) is 0.432. The van der Waals surface area contributed by atoms with Crippen molar-refractivity contribution in [3.63, 3.8) is 0 Å². The van der Waals surface area contributed by atoms with E-state index in [0.717, 1.165) is 4.90 Å². The number of thioether (sulfide) groups is 1. The van der Waals surface area contributed by atoms with Gasteiger partial charge in [0, 0.05) is 27.8 Å². The van der Waals surface area contributed by atoms with Crippen LogP contribution in [0.3, 0.4) is 0 Å². The van der Waals surface area contributed by atoms with E-state index in [-0.39, 0.29) is 5.56 Å². The van der Waals surface area contributed by atoms with Crippen LogP contribution in [0.5, 0.6) is 0 Å². The molecule has 0 bridgehead atoms. The van der Waals surface area contributed by atoms with E-state index in [4.69, 9.17) is 11.6 Å². The molecule has 0 atom stereocenters. The number of hydrogen-bond acceptors (Lipinski definition) is 3. The van der Waals surface area contributed by atoms with Gasteiger partial charge >= 0.3 is 6.03 Å². The number of halogens is 2. The number of amides is 3. The summed E-state index contributed by atoms with van der Waals surface area (Å²) in [5.41, 5.74) is 4.72. The van der Waals surface area contributed by atoms with Crippen LogP contribution in [0.4, 0.5) is 9.18 Å². The van der Waals surface area contributed by atoms with Crippen molar-refractivity contribution in [2.24, 2.45) is 0 Å². The normalized spacial score (nSPS) is 10.1. The molecule has 0 aliphatic carbocycles.